The number of alkyl halides is 6. The highest BCUT2D eigenvalue weighted by Crippen LogP contribution is 2.41. The van der Waals surface area contributed by atoms with E-state index < -0.39 is 44.7 Å². The molecule has 5 heterocycles. The van der Waals surface area contributed by atoms with E-state index in [2.05, 4.69) is 15.0 Å². The highest BCUT2D eigenvalue weighted by atomic mass is 32.2. The minimum absolute atomic E-state index is 0.121. The van der Waals surface area contributed by atoms with E-state index in [0.717, 1.165) is 21.5 Å². The Balaban J connectivity index is 1.28. The van der Waals surface area contributed by atoms with E-state index in [1.807, 2.05) is 18.3 Å². The van der Waals surface area contributed by atoms with Crippen LogP contribution in [0, 0.1) is 0 Å². The number of H-pyrrole nitrogens is 1. The van der Waals surface area contributed by atoms with E-state index in [1.165, 1.54) is 4.31 Å². The first-order valence-electron chi connectivity index (χ1n) is 11.2. The minimum atomic E-state index is -4.93. The molecule has 3 aromatic heterocycles. The van der Waals surface area contributed by atoms with Gasteiger partial charge in [-0.2, -0.15) is 26.3 Å². The van der Waals surface area contributed by atoms with E-state index in [-0.39, 0.29) is 38.2 Å². The summed E-state index contributed by atoms with van der Waals surface area (Å²) in [5.74, 6) is -0.786. The molecule has 1 N–H and O–H groups in total. The average Bonchev–Trinajstić information content (AvgIpc) is 3.21. The van der Waals surface area contributed by atoms with E-state index >= 15 is 0 Å². The molecule has 0 aliphatic carbocycles. The van der Waals surface area contributed by atoms with Gasteiger partial charge < -0.3 is 9.88 Å². The summed E-state index contributed by atoms with van der Waals surface area (Å²) in [5.41, 5.74) is -0.995. The molecule has 2 aliphatic heterocycles. The summed E-state index contributed by atoms with van der Waals surface area (Å²) >= 11 is 0. The van der Waals surface area contributed by atoms with Crippen molar-refractivity contribution < 1.29 is 34.8 Å². The third kappa shape index (κ3) is 4.40. The molecule has 2 aliphatic rings. The number of fused-ring (bicyclic) bond motifs is 1. The number of pyridine rings is 2. The number of aromatic nitrogens is 3. The summed E-state index contributed by atoms with van der Waals surface area (Å²) in [6, 6.07) is 4.37. The van der Waals surface area contributed by atoms with Gasteiger partial charge in [0, 0.05) is 44.0 Å². The number of piperidine rings is 1. The summed E-state index contributed by atoms with van der Waals surface area (Å²) in [5, 5.41) is -0.0498. The Kier molecular flexibility index (Phi) is 5.93. The molecule has 7 nitrogen and oxygen atoms in total. The van der Waals surface area contributed by atoms with Crippen LogP contribution >= 0.6 is 0 Å². The molecule has 5 rings (SSSR count). The Morgan fingerprint density at radius 3 is 2.31 bits per heavy atom. The van der Waals surface area contributed by atoms with Gasteiger partial charge >= 0.3 is 12.4 Å². The van der Waals surface area contributed by atoms with E-state index in [1.54, 1.807) is 6.20 Å². The molecule has 0 unspecified atom stereocenters. The predicted octanol–water partition coefficient (Wildman–Crippen LogP) is 4.39. The quantitative estimate of drug-likeness (QED) is 0.503. The number of halogens is 6. The van der Waals surface area contributed by atoms with Crippen LogP contribution in [-0.2, 0) is 22.4 Å². The van der Waals surface area contributed by atoms with Crippen LogP contribution in [0.25, 0.3) is 11.0 Å². The zero-order valence-corrected chi connectivity index (χ0v) is 19.5. The van der Waals surface area contributed by atoms with Crippen molar-refractivity contribution in [1.29, 1.82) is 0 Å². The number of rotatable bonds is 4. The molecule has 0 aromatic carbocycles. The van der Waals surface area contributed by atoms with E-state index in [0.29, 0.717) is 18.9 Å². The third-order valence-electron chi connectivity index (χ3n) is 6.78. The molecular formula is C22H21F6N5O2S. The zero-order valence-electron chi connectivity index (χ0n) is 18.6. The summed E-state index contributed by atoms with van der Waals surface area (Å²) in [7, 11) is -3.85. The third-order valence-corrected chi connectivity index (χ3v) is 9.00. The number of anilines is 1. The lowest BCUT2D eigenvalue weighted by molar-refractivity contribution is -0.144. The number of hydrogen-bond donors (Lipinski definition) is 1. The highest BCUT2D eigenvalue weighted by molar-refractivity contribution is 7.89. The summed E-state index contributed by atoms with van der Waals surface area (Å²) < 4.78 is 107. The molecular weight excluding hydrogens is 512 g/mol. The zero-order chi connectivity index (χ0) is 25.9. The van der Waals surface area contributed by atoms with Crippen molar-refractivity contribution >= 4 is 26.9 Å². The molecule has 0 amide bonds. The Hall–Kier alpha value is -2.87. The molecule has 194 valence electrons. The standard InChI is InChI=1S/C22H21F6N5O2S/c23-21(24,25)17-3-4-18(22(26,27)28)31-20(17)32-11-14(12-32)36(34,35)33-8-5-13(6-9-33)16-10-30-19-15(16)2-1-7-29-19/h1-4,7,10,13-14H,5-6,8-9,11-12H2,(H,29,30). The fourth-order valence-electron chi connectivity index (χ4n) is 4.82. The van der Waals surface area contributed by atoms with Crippen molar-refractivity contribution in [3.05, 3.63) is 53.5 Å². The van der Waals surface area contributed by atoms with Gasteiger partial charge in [0.2, 0.25) is 10.0 Å². The molecule has 0 radical (unpaired) electrons. The minimum Gasteiger partial charge on any atom is -0.353 e. The molecule has 0 saturated carbocycles. The Bertz CT molecular complexity index is 1370. The number of aromatic amines is 1. The first-order chi connectivity index (χ1) is 16.9. The van der Waals surface area contributed by atoms with Gasteiger partial charge in [-0.3, -0.25) is 0 Å². The molecule has 36 heavy (non-hydrogen) atoms. The van der Waals surface area contributed by atoms with Crippen LogP contribution in [0.1, 0.15) is 35.6 Å². The van der Waals surface area contributed by atoms with Gasteiger partial charge in [0.15, 0.2) is 0 Å². The highest BCUT2D eigenvalue weighted by Gasteiger charge is 2.46. The van der Waals surface area contributed by atoms with Crippen LogP contribution in [0.2, 0.25) is 0 Å². The predicted molar refractivity (Wildman–Crippen MR) is 119 cm³/mol. The van der Waals surface area contributed by atoms with Gasteiger partial charge in [-0.05, 0) is 48.6 Å². The van der Waals surface area contributed by atoms with Crippen LogP contribution in [-0.4, -0.2) is 59.1 Å². The van der Waals surface area contributed by atoms with Crippen molar-refractivity contribution in [2.75, 3.05) is 31.1 Å². The van der Waals surface area contributed by atoms with Crippen molar-refractivity contribution in [3.63, 3.8) is 0 Å². The largest absolute Gasteiger partial charge is 0.433 e. The number of nitrogens with zero attached hydrogens (tertiary/aromatic N) is 4. The van der Waals surface area contributed by atoms with Crippen LogP contribution < -0.4 is 4.90 Å². The van der Waals surface area contributed by atoms with E-state index in [9.17, 15) is 34.8 Å². The number of hydrogen-bond acceptors (Lipinski definition) is 5. The second kappa shape index (κ2) is 8.61. The van der Waals surface area contributed by atoms with Gasteiger partial charge in [0.05, 0.1) is 5.56 Å². The smallest absolute Gasteiger partial charge is 0.353 e. The SMILES string of the molecule is O=S(=O)(C1CN(c2nc(C(F)(F)F)ccc2C(F)(F)F)C1)N1CCC(c2c[nH]c3ncccc23)CC1. The lowest BCUT2D eigenvalue weighted by Crippen LogP contribution is -2.59. The Labute approximate surface area is 202 Å². The maximum atomic E-state index is 13.4. The number of nitrogens with one attached hydrogen (secondary N) is 1. The fourth-order valence-corrected chi connectivity index (χ4v) is 6.69. The summed E-state index contributed by atoms with van der Waals surface area (Å²) in [6.07, 6.45) is -5.20. The van der Waals surface area contributed by atoms with E-state index in [4.69, 9.17) is 0 Å². The van der Waals surface area contributed by atoms with Crippen molar-refractivity contribution in [1.82, 2.24) is 19.3 Å². The lowest BCUT2D eigenvalue weighted by Gasteiger charge is -2.43. The van der Waals surface area contributed by atoms with Crippen LogP contribution in [0.15, 0.2) is 36.7 Å². The van der Waals surface area contributed by atoms with Gasteiger partial charge in [-0.15, -0.1) is 0 Å². The molecule has 3 aromatic rings. The van der Waals surface area contributed by atoms with Crippen molar-refractivity contribution in [2.24, 2.45) is 0 Å². The average molecular weight is 533 g/mol. The van der Waals surface area contributed by atoms with Crippen molar-refractivity contribution in [3.8, 4) is 0 Å². The first-order valence-corrected chi connectivity index (χ1v) is 12.7. The molecule has 2 fully saturated rings. The maximum Gasteiger partial charge on any atom is 0.433 e. The maximum absolute atomic E-state index is 13.4. The monoisotopic (exact) mass is 533 g/mol. The normalized spacial score (nSPS) is 19.1. The van der Waals surface area contributed by atoms with Crippen molar-refractivity contribution in [2.45, 2.75) is 36.4 Å². The van der Waals surface area contributed by atoms with Gasteiger partial charge in [0.1, 0.15) is 22.4 Å². The van der Waals surface area contributed by atoms with Gasteiger partial charge in [0.25, 0.3) is 0 Å². The second-order valence-corrected chi connectivity index (χ2v) is 11.2. The summed E-state index contributed by atoms with van der Waals surface area (Å²) in [4.78, 5) is 11.5. The first kappa shape index (κ1) is 24.8. The number of sulfonamides is 1. The summed E-state index contributed by atoms with van der Waals surface area (Å²) in [6.45, 7) is -0.250. The Morgan fingerprint density at radius 2 is 1.67 bits per heavy atom. The van der Waals surface area contributed by atoms with Gasteiger partial charge in [-0.25, -0.2) is 22.7 Å². The topological polar surface area (TPSA) is 82.2 Å². The second-order valence-electron chi connectivity index (χ2n) is 8.95. The van der Waals surface area contributed by atoms with Crippen LogP contribution in [0.4, 0.5) is 32.2 Å². The molecule has 0 atom stereocenters. The molecule has 0 bridgehead atoms. The molecule has 14 heteroatoms. The van der Waals surface area contributed by atoms with Gasteiger partial charge in [-0.1, -0.05) is 0 Å². The van der Waals surface area contributed by atoms with Crippen LogP contribution in [0.5, 0.6) is 0 Å². The lowest BCUT2D eigenvalue weighted by atomic mass is 9.90. The Morgan fingerprint density at radius 1 is 0.972 bits per heavy atom. The molecule has 0 spiro atoms. The van der Waals surface area contributed by atoms with Crippen LogP contribution in [0.3, 0.4) is 0 Å². The molecule has 2 saturated heterocycles. The fraction of sp³-hybridized carbons (Fsp3) is 0.455.